The van der Waals surface area contributed by atoms with E-state index >= 15 is 0 Å². The average Bonchev–Trinajstić information content (AvgIpc) is 2.17. The highest BCUT2D eigenvalue weighted by Gasteiger charge is 2.17. The molecule has 0 radical (unpaired) electrons. The topological polar surface area (TPSA) is 35.2 Å². The van der Waals surface area contributed by atoms with E-state index < -0.39 is 0 Å². The third-order valence-electron chi connectivity index (χ3n) is 2.41. The molecule has 0 heterocycles. The fourth-order valence-electron chi connectivity index (χ4n) is 1.30. The van der Waals surface area contributed by atoms with Crippen molar-refractivity contribution in [2.75, 3.05) is 6.54 Å². The van der Waals surface area contributed by atoms with Gasteiger partial charge in [0.05, 0.1) is 0 Å². The van der Waals surface area contributed by atoms with Crippen LogP contribution in [0.3, 0.4) is 0 Å². The Bertz CT molecular complexity index is 318. The van der Waals surface area contributed by atoms with Crippen molar-refractivity contribution in [2.45, 2.75) is 39.2 Å². The summed E-state index contributed by atoms with van der Waals surface area (Å²) in [7, 11) is 0. The van der Waals surface area contributed by atoms with Gasteiger partial charge in [-0.2, -0.15) is 0 Å². The molecule has 0 saturated carbocycles. The molecule has 84 valence electrons. The first-order chi connectivity index (χ1) is 6.94. The van der Waals surface area contributed by atoms with Gasteiger partial charge < -0.3 is 10.5 Å². The summed E-state index contributed by atoms with van der Waals surface area (Å²) in [5, 5.41) is 0. The Hall–Kier alpha value is -1.02. The highest BCUT2D eigenvalue weighted by molar-refractivity contribution is 5.30. The van der Waals surface area contributed by atoms with Crippen molar-refractivity contribution in [3.05, 3.63) is 29.8 Å². The van der Waals surface area contributed by atoms with Crippen LogP contribution in [0, 0.1) is 0 Å². The maximum atomic E-state index is 5.82. The largest absolute Gasteiger partial charge is 0.487 e. The lowest BCUT2D eigenvalue weighted by Gasteiger charge is -2.25. The Morgan fingerprint density at radius 3 is 2.53 bits per heavy atom. The van der Waals surface area contributed by atoms with Crippen LogP contribution in [0.15, 0.2) is 24.3 Å². The second kappa shape index (κ2) is 4.67. The zero-order valence-corrected chi connectivity index (χ0v) is 10.1. The standard InChI is InChI=1S/C13H21NO/c1-10(2)11-6-5-7-12(8-11)15-13(3,4)9-14/h5-8,10H,9,14H2,1-4H3. The van der Waals surface area contributed by atoms with Crippen molar-refractivity contribution >= 4 is 0 Å². The van der Waals surface area contributed by atoms with Crippen LogP contribution in [0.5, 0.6) is 5.75 Å². The molecule has 0 unspecified atom stereocenters. The van der Waals surface area contributed by atoms with Crippen LogP contribution < -0.4 is 10.5 Å². The Morgan fingerprint density at radius 2 is 2.00 bits per heavy atom. The van der Waals surface area contributed by atoms with E-state index in [0.717, 1.165) is 5.75 Å². The van der Waals surface area contributed by atoms with Crippen LogP contribution in [0.4, 0.5) is 0 Å². The molecule has 0 aliphatic rings. The van der Waals surface area contributed by atoms with Gasteiger partial charge in [-0.15, -0.1) is 0 Å². The van der Waals surface area contributed by atoms with E-state index in [9.17, 15) is 0 Å². The van der Waals surface area contributed by atoms with Gasteiger partial charge in [0.15, 0.2) is 0 Å². The molecule has 2 nitrogen and oxygen atoms in total. The van der Waals surface area contributed by atoms with Crippen molar-refractivity contribution in [2.24, 2.45) is 5.73 Å². The Balaban J connectivity index is 2.82. The zero-order valence-electron chi connectivity index (χ0n) is 10.1. The fourth-order valence-corrected chi connectivity index (χ4v) is 1.30. The summed E-state index contributed by atoms with van der Waals surface area (Å²) < 4.78 is 5.82. The normalized spacial score (nSPS) is 11.9. The molecule has 0 fully saturated rings. The lowest BCUT2D eigenvalue weighted by molar-refractivity contribution is 0.118. The summed E-state index contributed by atoms with van der Waals surface area (Å²) in [6, 6.07) is 8.20. The molecule has 0 aliphatic carbocycles. The molecule has 2 heteroatoms. The number of rotatable bonds is 4. The van der Waals surface area contributed by atoms with Gasteiger partial charge in [0.25, 0.3) is 0 Å². The number of benzene rings is 1. The summed E-state index contributed by atoms with van der Waals surface area (Å²) in [5.74, 6) is 1.42. The van der Waals surface area contributed by atoms with Crippen molar-refractivity contribution in [1.82, 2.24) is 0 Å². The lowest BCUT2D eigenvalue weighted by Crippen LogP contribution is -2.37. The highest BCUT2D eigenvalue weighted by Crippen LogP contribution is 2.23. The third kappa shape index (κ3) is 3.56. The maximum Gasteiger partial charge on any atom is 0.120 e. The van der Waals surface area contributed by atoms with E-state index in [-0.39, 0.29) is 5.60 Å². The molecule has 0 amide bonds. The second-order valence-corrected chi connectivity index (χ2v) is 4.79. The summed E-state index contributed by atoms with van der Waals surface area (Å²) >= 11 is 0. The van der Waals surface area contributed by atoms with Crippen LogP contribution in [0.2, 0.25) is 0 Å². The average molecular weight is 207 g/mol. The molecule has 0 atom stereocenters. The monoisotopic (exact) mass is 207 g/mol. The van der Waals surface area contributed by atoms with Crippen molar-refractivity contribution in [3.63, 3.8) is 0 Å². The molecule has 1 aromatic rings. The van der Waals surface area contributed by atoms with E-state index in [4.69, 9.17) is 10.5 Å². The fraction of sp³-hybridized carbons (Fsp3) is 0.538. The van der Waals surface area contributed by atoms with E-state index in [1.807, 2.05) is 26.0 Å². The Morgan fingerprint density at radius 1 is 1.33 bits per heavy atom. The van der Waals surface area contributed by atoms with Gasteiger partial charge in [-0.05, 0) is 37.5 Å². The van der Waals surface area contributed by atoms with Gasteiger partial charge in [0.2, 0.25) is 0 Å². The predicted octanol–water partition coefficient (Wildman–Crippen LogP) is 2.93. The van der Waals surface area contributed by atoms with Gasteiger partial charge in [-0.3, -0.25) is 0 Å². The number of ether oxygens (including phenoxy) is 1. The van der Waals surface area contributed by atoms with Crippen molar-refractivity contribution in [3.8, 4) is 5.75 Å². The smallest absolute Gasteiger partial charge is 0.120 e. The van der Waals surface area contributed by atoms with E-state index in [1.54, 1.807) is 0 Å². The number of hydrogen-bond acceptors (Lipinski definition) is 2. The van der Waals surface area contributed by atoms with Gasteiger partial charge in [0, 0.05) is 6.54 Å². The molecule has 0 bridgehead atoms. The molecule has 1 rings (SSSR count). The van der Waals surface area contributed by atoms with Crippen molar-refractivity contribution < 1.29 is 4.74 Å². The van der Waals surface area contributed by atoms with Crippen LogP contribution >= 0.6 is 0 Å². The molecule has 0 aromatic heterocycles. The lowest BCUT2D eigenvalue weighted by atomic mass is 10.0. The van der Waals surface area contributed by atoms with Gasteiger partial charge in [0.1, 0.15) is 11.4 Å². The maximum absolute atomic E-state index is 5.82. The molecule has 0 saturated heterocycles. The minimum atomic E-state index is -0.296. The molecule has 2 N–H and O–H groups in total. The molecular formula is C13H21NO. The quantitative estimate of drug-likeness (QED) is 0.824. The van der Waals surface area contributed by atoms with Gasteiger partial charge in [-0.25, -0.2) is 0 Å². The van der Waals surface area contributed by atoms with E-state index in [1.165, 1.54) is 5.56 Å². The first kappa shape index (κ1) is 12.1. The first-order valence-electron chi connectivity index (χ1n) is 5.43. The molecule has 15 heavy (non-hydrogen) atoms. The van der Waals surface area contributed by atoms with Gasteiger partial charge >= 0.3 is 0 Å². The number of hydrogen-bond donors (Lipinski definition) is 1. The SMILES string of the molecule is CC(C)c1cccc(OC(C)(C)CN)c1. The Labute approximate surface area is 92.4 Å². The number of nitrogens with two attached hydrogens (primary N) is 1. The first-order valence-corrected chi connectivity index (χ1v) is 5.43. The second-order valence-electron chi connectivity index (χ2n) is 4.79. The zero-order chi connectivity index (χ0) is 11.5. The van der Waals surface area contributed by atoms with Crippen LogP contribution in [0.1, 0.15) is 39.2 Å². The van der Waals surface area contributed by atoms with Crippen LogP contribution in [-0.4, -0.2) is 12.1 Å². The van der Waals surface area contributed by atoms with Gasteiger partial charge in [-0.1, -0.05) is 26.0 Å². The van der Waals surface area contributed by atoms with Crippen LogP contribution in [-0.2, 0) is 0 Å². The molecule has 1 aromatic carbocycles. The third-order valence-corrected chi connectivity index (χ3v) is 2.41. The summed E-state index contributed by atoms with van der Waals surface area (Å²) in [4.78, 5) is 0. The summed E-state index contributed by atoms with van der Waals surface area (Å²) in [6.45, 7) is 8.85. The Kier molecular flexibility index (Phi) is 3.75. The highest BCUT2D eigenvalue weighted by atomic mass is 16.5. The van der Waals surface area contributed by atoms with Crippen LogP contribution in [0.25, 0.3) is 0 Å². The molecule has 0 spiro atoms. The minimum Gasteiger partial charge on any atom is -0.487 e. The summed E-state index contributed by atoms with van der Waals surface area (Å²) in [5.41, 5.74) is 6.62. The van der Waals surface area contributed by atoms with E-state index in [2.05, 4.69) is 26.0 Å². The predicted molar refractivity (Wildman–Crippen MR) is 64.3 cm³/mol. The molecular weight excluding hydrogens is 186 g/mol. The van der Waals surface area contributed by atoms with Crippen molar-refractivity contribution in [1.29, 1.82) is 0 Å². The molecule has 0 aliphatic heterocycles. The minimum absolute atomic E-state index is 0.296. The van der Waals surface area contributed by atoms with E-state index in [0.29, 0.717) is 12.5 Å². The summed E-state index contributed by atoms with van der Waals surface area (Å²) in [6.07, 6.45) is 0.